The molecule has 3 nitrogen and oxygen atoms in total. The first-order valence-electron chi connectivity index (χ1n) is 9.82. The monoisotopic (exact) mass is 347 g/mol. The number of nitrogens with zero attached hydrogens (tertiary/aromatic N) is 3. The number of pyridine rings is 1. The fourth-order valence-corrected chi connectivity index (χ4v) is 4.64. The van der Waals surface area contributed by atoms with Crippen molar-refractivity contribution in [2.45, 2.75) is 59.7 Å². The lowest BCUT2D eigenvalue weighted by atomic mass is 9.97. The highest BCUT2D eigenvalue weighted by Gasteiger charge is 2.28. The Labute approximate surface area is 156 Å². The highest BCUT2D eigenvalue weighted by Crippen LogP contribution is 2.35. The largest absolute Gasteiger partial charge is 0.344 e. The zero-order chi connectivity index (χ0) is 18.3. The van der Waals surface area contributed by atoms with Gasteiger partial charge in [-0.2, -0.15) is 0 Å². The maximum Gasteiger partial charge on any atom is 0.0491 e. The number of fused-ring (bicyclic) bond motifs is 3. The molecule has 2 aromatic heterocycles. The molecule has 0 radical (unpaired) electrons. The summed E-state index contributed by atoms with van der Waals surface area (Å²) in [6.45, 7) is 12.4. The lowest BCUT2D eigenvalue weighted by Crippen LogP contribution is -2.38. The fraction of sp³-hybridized carbons (Fsp3) is 0.435. The second-order valence-electron chi connectivity index (χ2n) is 7.78. The normalized spacial score (nSPS) is 17.6. The summed E-state index contributed by atoms with van der Waals surface area (Å²) >= 11 is 0. The maximum absolute atomic E-state index is 4.28. The molecular formula is C23H29N3. The van der Waals surface area contributed by atoms with E-state index in [1.54, 1.807) is 11.3 Å². The van der Waals surface area contributed by atoms with E-state index in [1.807, 2.05) is 18.5 Å². The van der Waals surface area contributed by atoms with Crippen LogP contribution in [0.25, 0.3) is 10.9 Å². The first-order valence-corrected chi connectivity index (χ1v) is 9.82. The van der Waals surface area contributed by atoms with Crippen LogP contribution in [0.4, 0.5) is 0 Å². The zero-order valence-corrected chi connectivity index (χ0v) is 16.4. The number of benzene rings is 1. The number of aromatic nitrogens is 2. The standard InChI is InChI=1S/C23H29N3/c1-5-25-15-20-21(13-18(25)4)26(10-8-19-7-6-9-24-14-19)22-12-16(2)11-17(3)23(20)22/h6-7,9,11-12,14,18H,5,8,10,13,15H2,1-4H3. The summed E-state index contributed by atoms with van der Waals surface area (Å²) in [5, 5.41) is 1.49. The minimum atomic E-state index is 0.607. The van der Waals surface area contributed by atoms with Crippen LogP contribution in [0.2, 0.25) is 0 Å². The van der Waals surface area contributed by atoms with Gasteiger partial charge in [0.25, 0.3) is 0 Å². The average Bonchev–Trinajstić information content (AvgIpc) is 2.92. The maximum atomic E-state index is 4.28. The minimum Gasteiger partial charge on any atom is -0.344 e. The molecule has 0 aliphatic carbocycles. The van der Waals surface area contributed by atoms with Gasteiger partial charge in [-0.05, 0) is 68.1 Å². The minimum absolute atomic E-state index is 0.607. The Hall–Kier alpha value is -2.13. The van der Waals surface area contributed by atoms with Crippen molar-refractivity contribution in [1.29, 1.82) is 0 Å². The van der Waals surface area contributed by atoms with E-state index in [2.05, 4.69) is 60.3 Å². The summed E-state index contributed by atoms with van der Waals surface area (Å²) < 4.78 is 2.60. The highest BCUT2D eigenvalue weighted by atomic mass is 15.2. The van der Waals surface area contributed by atoms with Gasteiger partial charge in [0.15, 0.2) is 0 Å². The van der Waals surface area contributed by atoms with Crippen LogP contribution in [0, 0.1) is 13.8 Å². The van der Waals surface area contributed by atoms with E-state index in [1.165, 1.54) is 27.6 Å². The van der Waals surface area contributed by atoms with Gasteiger partial charge in [-0.1, -0.05) is 19.1 Å². The molecular weight excluding hydrogens is 318 g/mol. The van der Waals surface area contributed by atoms with Gasteiger partial charge in [-0.3, -0.25) is 9.88 Å². The predicted octanol–water partition coefficient (Wildman–Crippen LogP) is 4.66. The fourth-order valence-electron chi connectivity index (χ4n) is 4.64. The Bertz CT molecular complexity index is 924. The second kappa shape index (κ2) is 6.88. The molecule has 0 N–H and O–H groups in total. The van der Waals surface area contributed by atoms with Crippen molar-refractivity contribution in [2.24, 2.45) is 0 Å². The van der Waals surface area contributed by atoms with Gasteiger partial charge < -0.3 is 4.57 Å². The third-order valence-corrected chi connectivity index (χ3v) is 5.95. The molecule has 0 spiro atoms. The number of rotatable bonds is 4. The Kier molecular flexibility index (Phi) is 4.58. The molecule has 4 rings (SSSR count). The summed E-state index contributed by atoms with van der Waals surface area (Å²) in [6, 6.07) is 9.54. The molecule has 1 aliphatic rings. The van der Waals surface area contributed by atoms with Gasteiger partial charge in [-0.25, -0.2) is 0 Å². The number of hydrogen-bond acceptors (Lipinski definition) is 2. The highest BCUT2D eigenvalue weighted by molar-refractivity contribution is 5.89. The van der Waals surface area contributed by atoms with Crippen molar-refractivity contribution in [3.8, 4) is 0 Å². The van der Waals surface area contributed by atoms with Crippen LogP contribution in [0.15, 0.2) is 36.7 Å². The summed E-state index contributed by atoms with van der Waals surface area (Å²) in [5.41, 5.74) is 8.61. The van der Waals surface area contributed by atoms with Crippen molar-refractivity contribution in [1.82, 2.24) is 14.5 Å². The predicted molar refractivity (Wildman–Crippen MR) is 109 cm³/mol. The molecule has 1 atom stereocenters. The Morgan fingerprint density at radius 3 is 2.81 bits per heavy atom. The molecule has 0 fully saturated rings. The molecule has 1 unspecified atom stereocenters. The molecule has 0 saturated carbocycles. The first kappa shape index (κ1) is 17.3. The molecule has 136 valence electrons. The molecule has 0 bridgehead atoms. The molecule has 3 heteroatoms. The SMILES string of the molecule is CCN1Cc2c(n(CCc3cccnc3)c3cc(C)cc(C)c23)CC1C. The summed E-state index contributed by atoms with van der Waals surface area (Å²) in [4.78, 5) is 6.88. The lowest BCUT2D eigenvalue weighted by molar-refractivity contribution is 0.192. The van der Waals surface area contributed by atoms with E-state index in [0.717, 1.165) is 32.5 Å². The summed E-state index contributed by atoms with van der Waals surface area (Å²) in [6.07, 6.45) is 6.02. The van der Waals surface area contributed by atoms with E-state index in [0.29, 0.717) is 6.04 Å². The van der Waals surface area contributed by atoms with Crippen LogP contribution < -0.4 is 0 Å². The molecule has 1 aliphatic heterocycles. The van der Waals surface area contributed by atoms with Crippen LogP contribution in [0.1, 0.15) is 41.8 Å². The molecule has 0 amide bonds. The van der Waals surface area contributed by atoms with Crippen molar-refractivity contribution >= 4 is 10.9 Å². The van der Waals surface area contributed by atoms with Gasteiger partial charge in [0, 0.05) is 54.5 Å². The van der Waals surface area contributed by atoms with Crippen molar-refractivity contribution in [3.05, 3.63) is 64.6 Å². The van der Waals surface area contributed by atoms with Gasteiger partial charge in [-0.15, -0.1) is 0 Å². The molecule has 26 heavy (non-hydrogen) atoms. The topological polar surface area (TPSA) is 21.1 Å². The van der Waals surface area contributed by atoms with Crippen LogP contribution in [-0.2, 0) is 25.9 Å². The molecule has 0 saturated heterocycles. The third kappa shape index (κ3) is 2.95. The number of likely N-dealkylation sites (N-methyl/N-ethyl adjacent to an activating group) is 1. The number of hydrogen-bond donors (Lipinski definition) is 0. The van der Waals surface area contributed by atoms with Crippen LogP contribution >= 0.6 is 0 Å². The van der Waals surface area contributed by atoms with E-state index in [9.17, 15) is 0 Å². The van der Waals surface area contributed by atoms with Gasteiger partial charge in [0.2, 0.25) is 0 Å². The van der Waals surface area contributed by atoms with Crippen molar-refractivity contribution in [2.75, 3.05) is 6.54 Å². The van der Waals surface area contributed by atoms with Crippen LogP contribution in [0.3, 0.4) is 0 Å². The number of aryl methyl sites for hydroxylation is 4. The van der Waals surface area contributed by atoms with E-state index < -0.39 is 0 Å². The molecule has 1 aromatic carbocycles. The van der Waals surface area contributed by atoms with Crippen LogP contribution in [-0.4, -0.2) is 27.0 Å². The lowest BCUT2D eigenvalue weighted by Gasteiger charge is -2.33. The van der Waals surface area contributed by atoms with Gasteiger partial charge in [0.1, 0.15) is 0 Å². The smallest absolute Gasteiger partial charge is 0.0491 e. The van der Waals surface area contributed by atoms with E-state index >= 15 is 0 Å². The summed E-state index contributed by atoms with van der Waals surface area (Å²) in [5.74, 6) is 0. The zero-order valence-electron chi connectivity index (χ0n) is 16.4. The Morgan fingerprint density at radius 2 is 2.08 bits per heavy atom. The molecule has 3 aromatic rings. The van der Waals surface area contributed by atoms with E-state index in [-0.39, 0.29) is 0 Å². The van der Waals surface area contributed by atoms with Crippen molar-refractivity contribution < 1.29 is 0 Å². The van der Waals surface area contributed by atoms with Gasteiger partial charge in [0.05, 0.1) is 0 Å². The summed E-state index contributed by atoms with van der Waals surface area (Å²) in [7, 11) is 0. The Morgan fingerprint density at radius 1 is 1.23 bits per heavy atom. The quantitative estimate of drug-likeness (QED) is 0.684. The average molecular weight is 348 g/mol. The van der Waals surface area contributed by atoms with Crippen LogP contribution in [0.5, 0.6) is 0 Å². The van der Waals surface area contributed by atoms with Gasteiger partial charge >= 0.3 is 0 Å². The second-order valence-corrected chi connectivity index (χ2v) is 7.78. The Balaban J connectivity index is 1.82. The molecule has 3 heterocycles. The van der Waals surface area contributed by atoms with Crippen molar-refractivity contribution in [3.63, 3.8) is 0 Å². The third-order valence-electron chi connectivity index (χ3n) is 5.95. The van der Waals surface area contributed by atoms with E-state index in [4.69, 9.17) is 0 Å². The first-order chi connectivity index (χ1) is 12.6.